The summed E-state index contributed by atoms with van der Waals surface area (Å²) >= 11 is 0. The molecule has 3 aromatic heterocycles. The van der Waals surface area contributed by atoms with Crippen molar-refractivity contribution in [3.05, 3.63) is 48.1 Å². The summed E-state index contributed by atoms with van der Waals surface area (Å²) in [6, 6.07) is 5.88. The van der Waals surface area contributed by atoms with Gasteiger partial charge in [-0.2, -0.15) is 10.2 Å². The molecule has 0 saturated heterocycles. The van der Waals surface area contributed by atoms with Crippen molar-refractivity contribution in [1.82, 2.24) is 29.4 Å². The molecule has 4 heterocycles. The zero-order chi connectivity index (χ0) is 17.4. The van der Waals surface area contributed by atoms with Crippen molar-refractivity contribution in [3.63, 3.8) is 0 Å². The number of fused-ring (bicyclic) bond motifs is 1. The minimum Gasteiger partial charge on any atom is -0.337 e. The van der Waals surface area contributed by atoms with Crippen LogP contribution in [0.4, 0.5) is 0 Å². The van der Waals surface area contributed by atoms with Crippen molar-refractivity contribution < 1.29 is 4.79 Å². The van der Waals surface area contributed by atoms with Crippen LogP contribution < -0.4 is 0 Å². The predicted molar refractivity (Wildman–Crippen MR) is 94.6 cm³/mol. The topological polar surface area (TPSA) is 68.8 Å². The summed E-state index contributed by atoms with van der Waals surface area (Å²) in [7, 11) is 1.94. The SMILES string of the molecule is Cc1nn(CC(=O)N2CC=C(c3ccnn3C)CC2)c2ncccc12. The summed E-state index contributed by atoms with van der Waals surface area (Å²) in [5, 5.41) is 9.67. The number of rotatable bonds is 3. The van der Waals surface area contributed by atoms with Gasteiger partial charge in [0.1, 0.15) is 6.54 Å². The lowest BCUT2D eigenvalue weighted by atomic mass is 10.0. The highest BCUT2D eigenvalue weighted by Crippen LogP contribution is 2.22. The van der Waals surface area contributed by atoms with Gasteiger partial charge in [-0.25, -0.2) is 9.67 Å². The van der Waals surface area contributed by atoms with Crippen LogP contribution >= 0.6 is 0 Å². The molecule has 1 amide bonds. The number of amides is 1. The molecule has 128 valence electrons. The molecule has 1 aliphatic heterocycles. The number of carbonyl (C=O) groups excluding carboxylic acids is 1. The Balaban J connectivity index is 1.49. The maximum absolute atomic E-state index is 12.7. The van der Waals surface area contributed by atoms with Crippen LogP contribution in [0, 0.1) is 6.92 Å². The van der Waals surface area contributed by atoms with E-state index in [4.69, 9.17) is 0 Å². The predicted octanol–water partition coefficient (Wildman–Crippen LogP) is 1.79. The Bertz CT molecular complexity index is 967. The second kappa shape index (κ2) is 6.16. The Kier molecular flexibility index (Phi) is 3.83. The van der Waals surface area contributed by atoms with Gasteiger partial charge in [0.2, 0.25) is 5.91 Å². The van der Waals surface area contributed by atoms with Crippen LogP contribution in [0.5, 0.6) is 0 Å². The van der Waals surface area contributed by atoms with Gasteiger partial charge in [0.05, 0.1) is 11.4 Å². The molecular weight excluding hydrogens is 316 g/mol. The molecule has 0 aliphatic carbocycles. The number of hydrogen-bond acceptors (Lipinski definition) is 4. The van der Waals surface area contributed by atoms with E-state index in [0.29, 0.717) is 13.1 Å². The highest BCUT2D eigenvalue weighted by molar-refractivity contribution is 5.82. The molecule has 0 aromatic carbocycles. The number of nitrogens with zero attached hydrogens (tertiary/aromatic N) is 6. The van der Waals surface area contributed by atoms with Crippen LogP contribution in [-0.4, -0.2) is 48.4 Å². The van der Waals surface area contributed by atoms with Crippen molar-refractivity contribution >= 4 is 22.5 Å². The highest BCUT2D eigenvalue weighted by Gasteiger charge is 2.20. The molecule has 7 heteroatoms. The monoisotopic (exact) mass is 336 g/mol. The van der Waals surface area contributed by atoms with Gasteiger partial charge in [0, 0.05) is 37.9 Å². The lowest BCUT2D eigenvalue weighted by Crippen LogP contribution is -2.37. The van der Waals surface area contributed by atoms with Crippen LogP contribution in [0.25, 0.3) is 16.6 Å². The van der Waals surface area contributed by atoms with Gasteiger partial charge in [-0.1, -0.05) is 6.08 Å². The van der Waals surface area contributed by atoms with E-state index in [1.54, 1.807) is 17.1 Å². The second-order valence-electron chi connectivity index (χ2n) is 6.28. The fraction of sp³-hybridized carbons (Fsp3) is 0.333. The third-order valence-electron chi connectivity index (χ3n) is 4.69. The summed E-state index contributed by atoms with van der Waals surface area (Å²) < 4.78 is 3.57. The molecule has 0 fully saturated rings. The summed E-state index contributed by atoms with van der Waals surface area (Å²) in [5.74, 6) is 0.0651. The molecule has 3 aromatic rings. The zero-order valence-electron chi connectivity index (χ0n) is 14.4. The molecule has 0 saturated carbocycles. The molecule has 0 radical (unpaired) electrons. The Hall–Kier alpha value is -2.96. The quantitative estimate of drug-likeness (QED) is 0.731. The van der Waals surface area contributed by atoms with Crippen molar-refractivity contribution in [2.75, 3.05) is 13.1 Å². The number of carbonyl (C=O) groups is 1. The van der Waals surface area contributed by atoms with E-state index in [-0.39, 0.29) is 12.5 Å². The van der Waals surface area contributed by atoms with E-state index in [1.165, 1.54) is 5.57 Å². The molecule has 0 bridgehead atoms. The first-order chi connectivity index (χ1) is 12.1. The maximum Gasteiger partial charge on any atom is 0.244 e. The van der Waals surface area contributed by atoms with E-state index in [9.17, 15) is 4.79 Å². The molecule has 7 nitrogen and oxygen atoms in total. The summed E-state index contributed by atoms with van der Waals surface area (Å²) in [6.07, 6.45) is 6.48. The van der Waals surface area contributed by atoms with Gasteiger partial charge in [0.25, 0.3) is 0 Å². The van der Waals surface area contributed by atoms with E-state index in [0.717, 1.165) is 28.8 Å². The van der Waals surface area contributed by atoms with E-state index in [1.807, 2.05) is 41.8 Å². The Morgan fingerprint density at radius 2 is 2.16 bits per heavy atom. The van der Waals surface area contributed by atoms with E-state index >= 15 is 0 Å². The smallest absolute Gasteiger partial charge is 0.244 e. The van der Waals surface area contributed by atoms with Crippen LogP contribution in [0.1, 0.15) is 17.8 Å². The van der Waals surface area contributed by atoms with Gasteiger partial charge >= 0.3 is 0 Å². The first-order valence-corrected chi connectivity index (χ1v) is 8.37. The first kappa shape index (κ1) is 15.6. The minimum atomic E-state index is 0.0651. The molecule has 25 heavy (non-hydrogen) atoms. The van der Waals surface area contributed by atoms with E-state index < -0.39 is 0 Å². The van der Waals surface area contributed by atoms with Crippen molar-refractivity contribution in [2.24, 2.45) is 7.05 Å². The lowest BCUT2D eigenvalue weighted by molar-refractivity contribution is -0.131. The van der Waals surface area contributed by atoms with Crippen LogP contribution in [0.2, 0.25) is 0 Å². The highest BCUT2D eigenvalue weighted by atomic mass is 16.2. The summed E-state index contributed by atoms with van der Waals surface area (Å²) in [5.41, 5.74) is 4.01. The fourth-order valence-corrected chi connectivity index (χ4v) is 3.32. The van der Waals surface area contributed by atoms with Crippen LogP contribution in [0.3, 0.4) is 0 Å². The zero-order valence-corrected chi connectivity index (χ0v) is 14.4. The number of aryl methyl sites for hydroxylation is 2. The van der Waals surface area contributed by atoms with Crippen molar-refractivity contribution in [1.29, 1.82) is 0 Å². The van der Waals surface area contributed by atoms with Crippen molar-refractivity contribution in [3.8, 4) is 0 Å². The van der Waals surface area contributed by atoms with E-state index in [2.05, 4.69) is 21.3 Å². The summed E-state index contributed by atoms with van der Waals surface area (Å²) in [6.45, 7) is 3.48. The van der Waals surface area contributed by atoms with Crippen LogP contribution in [0.15, 0.2) is 36.7 Å². The molecule has 4 rings (SSSR count). The molecule has 0 spiro atoms. The minimum absolute atomic E-state index is 0.0651. The lowest BCUT2D eigenvalue weighted by Gasteiger charge is -2.26. The first-order valence-electron chi connectivity index (χ1n) is 8.37. The second-order valence-corrected chi connectivity index (χ2v) is 6.28. The standard InChI is InChI=1S/C18H20N6O/c1-13-15-4-3-8-19-18(15)24(21-13)12-17(25)23-10-6-14(7-11-23)16-5-9-20-22(16)2/h3-6,8-9H,7,10-12H2,1-2H3. The fourth-order valence-electron chi connectivity index (χ4n) is 3.32. The van der Waals surface area contributed by atoms with Gasteiger partial charge in [-0.3, -0.25) is 9.48 Å². The molecule has 0 N–H and O–H groups in total. The van der Waals surface area contributed by atoms with Crippen LogP contribution in [-0.2, 0) is 18.4 Å². The average molecular weight is 336 g/mol. The van der Waals surface area contributed by atoms with Gasteiger partial charge < -0.3 is 4.90 Å². The third-order valence-corrected chi connectivity index (χ3v) is 4.69. The normalized spacial score (nSPS) is 14.8. The molecule has 1 aliphatic rings. The number of hydrogen-bond donors (Lipinski definition) is 0. The summed E-state index contributed by atoms with van der Waals surface area (Å²) in [4.78, 5) is 18.9. The Morgan fingerprint density at radius 3 is 2.88 bits per heavy atom. The average Bonchev–Trinajstić information content (AvgIpc) is 3.19. The number of aromatic nitrogens is 5. The maximum atomic E-state index is 12.7. The number of pyridine rings is 1. The van der Waals surface area contributed by atoms with Gasteiger partial charge in [-0.15, -0.1) is 0 Å². The third kappa shape index (κ3) is 2.82. The van der Waals surface area contributed by atoms with Gasteiger partial charge in [0.15, 0.2) is 5.65 Å². The van der Waals surface area contributed by atoms with Gasteiger partial charge in [-0.05, 0) is 37.1 Å². The Labute approximate surface area is 145 Å². The Morgan fingerprint density at radius 1 is 1.28 bits per heavy atom. The molecule has 0 unspecified atom stereocenters. The molecular formula is C18H20N6O. The molecule has 0 atom stereocenters. The van der Waals surface area contributed by atoms with Crippen molar-refractivity contribution in [2.45, 2.75) is 19.9 Å². The largest absolute Gasteiger partial charge is 0.337 e.